The fraction of sp³-hybridized carbons (Fsp3) is 0.294. The molecule has 0 fully saturated rings. The van der Waals surface area contributed by atoms with E-state index in [9.17, 15) is 0 Å². The maximum absolute atomic E-state index is 3.68. The van der Waals surface area contributed by atoms with Crippen LogP contribution in [0.5, 0.6) is 0 Å². The van der Waals surface area contributed by atoms with E-state index in [0.717, 1.165) is 6.42 Å². The normalized spacial score (nSPS) is 13.6. The van der Waals surface area contributed by atoms with Gasteiger partial charge in [0.05, 0.1) is 0 Å². The third-order valence-electron chi connectivity index (χ3n) is 3.64. The topological polar surface area (TPSA) is 15.8 Å². The number of nitrogens with one attached hydrogen (secondary N) is 1. The molecule has 0 saturated carbocycles. The fourth-order valence-electron chi connectivity index (χ4n) is 2.90. The number of hydrogen-bond acceptors (Lipinski definition) is 0. The SMILES string of the molecule is C[C](C)(C)[Ti+2]([C]1=CC=CC1)[c]1cc2ccccc2[nH]1.[Cl-].[Cl-]. The van der Waals surface area contributed by atoms with Gasteiger partial charge in [0.1, 0.15) is 0 Å². The van der Waals surface area contributed by atoms with Crippen LogP contribution in [0.1, 0.15) is 27.2 Å². The average molecular weight is 357 g/mol. The molecule has 0 bridgehead atoms. The van der Waals surface area contributed by atoms with E-state index in [1.807, 2.05) is 0 Å². The number of halogens is 2. The van der Waals surface area contributed by atoms with Gasteiger partial charge in [0, 0.05) is 0 Å². The number of H-pyrrole nitrogens is 1. The Hall–Kier alpha value is -0.466. The number of rotatable bonds is 2. The van der Waals surface area contributed by atoms with Crippen molar-refractivity contribution in [3.8, 4) is 0 Å². The number of fused-ring (bicyclic) bond motifs is 1. The minimum absolute atomic E-state index is 0. The van der Waals surface area contributed by atoms with Gasteiger partial charge in [-0.05, 0) is 0 Å². The zero-order chi connectivity index (χ0) is 13.5. The smallest absolute Gasteiger partial charge is 1.00 e. The third-order valence-corrected chi connectivity index (χ3v) is 8.83. The molecule has 2 aromatic rings. The Balaban J connectivity index is 0.00000110. The van der Waals surface area contributed by atoms with Crippen LogP contribution in [0.15, 0.2) is 52.4 Å². The van der Waals surface area contributed by atoms with Gasteiger partial charge < -0.3 is 24.8 Å². The summed E-state index contributed by atoms with van der Waals surface area (Å²) < 4.78 is 3.57. The first kappa shape index (κ1) is 18.6. The van der Waals surface area contributed by atoms with Crippen molar-refractivity contribution in [3.05, 3.63) is 52.4 Å². The van der Waals surface area contributed by atoms with Crippen molar-refractivity contribution >= 4 is 14.9 Å². The number of hydrogen-bond donors (Lipinski definition) is 1. The van der Waals surface area contributed by atoms with Crippen LogP contribution in [0.25, 0.3) is 10.9 Å². The average Bonchev–Trinajstić information content (AvgIpc) is 2.95. The first-order chi connectivity index (χ1) is 9.05. The van der Waals surface area contributed by atoms with Gasteiger partial charge >= 0.3 is 121 Å². The van der Waals surface area contributed by atoms with E-state index in [0.29, 0.717) is 3.72 Å². The molecule has 3 rings (SSSR count). The molecule has 0 saturated heterocycles. The van der Waals surface area contributed by atoms with Gasteiger partial charge in [-0.15, -0.1) is 0 Å². The fourth-order valence-corrected chi connectivity index (χ4v) is 7.99. The Morgan fingerprint density at radius 1 is 1.10 bits per heavy atom. The second-order valence-electron chi connectivity index (χ2n) is 6.22. The number of benzene rings is 1. The summed E-state index contributed by atoms with van der Waals surface area (Å²) in [4.78, 5) is 3.68. The van der Waals surface area contributed by atoms with Gasteiger partial charge in [-0.25, -0.2) is 0 Å². The molecule has 0 amide bonds. The second kappa shape index (κ2) is 7.20. The van der Waals surface area contributed by atoms with Crippen LogP contribution in [0.4, 0.5) is 0 Å². The zero-order valence-electron chi connectivity index (χ0n) is 12.6. The van der Waals surface area contributed by atoms with Crippen molar-refractivity contribution in [1.82, 2.24) is 4.98 Å². The molecule has 1 aliphatic rings. The van der Waals surface area contributed by atoms with E-state index in [4.69, 9.17) is 0 Å². The molecule has 0 unspecified atom stereocenters. The van der Waals surface area contributed by atoms with E-state index in [-0.39, 0.29) is 24.8 Å². The van der Waals surface area contributed by atoms with Crippen LogP contribution in [0, 0.1) is 0 Å². The third kappa shape index (κ3) is 3.84. The summed E-state index contributed by atoms with van der Waals surface area (Å²) in [7, 11) is 0. The van der Waals surface area contributed by atoms with Crippen LogP contribution in [-0.2, 0) is 17.9 Å². The van der Waals surface area contributed by atoms with Gasteiger partial charge in [0.15, 0.2) is 0 Å². The quantitative estimate of drug-likeness (QED) is 0.629. The largest absolute Gasteiger partial charge is 1.00 e. The van der Waals surface area contributed by atoms with E-state index in [1.54, 1.807) is 3.88 Å². The van der Waals surface area contributed by atoms with Crippen LogP contribution in [0.2, 0.25) is 3.72 Å². The van der Waals surface area contributed by atoms with Gasteiger partial charge in [-0.2, -0.15) is 0 Å². The van der Waals surface area contributed by atoms with Crippen LogP contribution >= 0.6 is 0 Å². The first-order valence-electron chi connectivity index (χ1n) is 6.87. The molecule has 21 heavy (non-hydrogen) atoms. The Morgan fingerprint density at radius 2 is 1.81 bits per heavy atom. The Labute approximate surface area is 145 Å². The zero-order valence-corrected chi connectivity index (χ0v) is 15.7. The minimum atomic E-state index is -1.49. The molecule has 0 radical (unpaired) electrons. The van der Waals surface area contributed by atoms with Crippen LogP contribution in [-0.4, -0.2) is 4.98 Å². The Bertz CT molecular complexity index is 632. The summed E-state index contributed by atoms with van der Waals surface area (Å²) in [5.74, 6) is 0. The summed E-state index contributed by atoms with van der Waals surface area (Å²) >= 11 is -1.49. The van der Waals surface area contributed by atoms with Crippen molar-refractivity contribution in [3.63, 3.8) is 0 Å². The summed E-state index contributed by atoms with van der Waals surface area (Å²) in [6, 6.07) is 11.0. The first-order valence-corrected chi connectivity index (χ1v) is 9.21. The van der Waals surface area contributed by atoms with Crippen molar-refractivity contribution in [2.24, 2.45) is 0 Å². The molecule has 1 N–H and O–H groups in total. The van der Waals surface area contributed by atoms with E-state index >= 15 is 0 Å². The minimum Gasteiger partial charge on any atom is -1.00 e. The summed E-state index contributed by atoms with van der Waals surface area (Å²) in [5.41, 5.74) is 1.28. The predicted octanol–water partition coefficient (Wildman–Crippen LogP) is -1.52. The van der Waals surface area contributed by atoms with Crippen molar-refractivity contribution in [2.75, 3.05) is 0 Å². The molecule has 1 nitrogen and oxygen atoms in total. The van der Waals surface area contributed by atoms with Gasteiger partial charge in [0.25, 0.3) is 0 Å². The molecule has 4 heteroatoms. The molecule has 1 aliphatic carbocycles. The van der Waals surface area contributed by atoms with Gasteiger partial charge in [0.2, 0.25) is 0 Å². The molecule has 111 valence electrons. The monoisotopic (exact) mass is 356 g/mol. The van der Waals surface area contributed by atoms with Crippen molar-refractivity contribution in [2.45, 2.75) is 30.9 Å². The summed E-state index contributed by atoms with van der Waals surface area (Å²) in [5, 5.41) is 1.35. The molecule has 0 atom stereocenters. The van der Waals surface area contributed by atoms with Gasteiger partial charge in [-0.1, -0.05) is 0 Å². The maximum Gasteiger partial charge on any atom is -1.00 e. The van der Waals surface area contributed by atoms with Crippen molar-refractivity contribution < 1.29 is 42.7 Å². The Kier molecular flexibility index (Phi) is 6.37. The molecule has 0 spiro atoms. The van der Waals surface area contributed by atoms with Crippen LogP contribution < -0.4 is 28.8 Å². The predicted molar refractivity (Wildman–Crippen MR) is 79.5 cm³/mol. The molecule has 1 heterocycles. The summed E-state index contributed by atoms with van der Waals surface area (Å²) in [6.45, 7) is 7.19. The van der Waals surface area contributed by atoms with E-state index < -0.39 is 17.9 Å². The molecule has 0 aliphatic heterocycles. The number of allylic oxidation sites excluding steroid dienone is 4. The molecular formula is C17H20Cl2NTi. The molecule has 1 aromatic carbocycles. The maximum atomic E-state index is 3.68. The van der Waals surface area contributed by atoms with Crippen LogP contribution in [0.3, 0.4) is 0 Å². The van der Waals surface area contributed by atoms with E-state index in [2.05, 4.69) is 74.3 Å². The molecule has 1 aromatic heterocycles. The second-order valence-corrected chi connectivity index (χ2v) is 11.6. The standard InChI is InChI=1S/C8H6N.C5H5.C4H9.2ClH.Ti/c1-2-4-8-7(3-1)5-6-9-8;1-2-4-5-3-1;1-4(2)3;;;/h1-5,9H;1-3H,4H2;1-3H3;2*1H;/q;;;;;+2/p-2. The van der Waals surface area contributed by atoms with E-state index in [1.165, 1.54) is 14.9 Å². The number of aromatic amines is 1. The molecular weight excluding hydrogens is 337 g/mol. The van der Waals surface area contributed by atoms with Gasteiger partial charge in [-0.3, -0.25) is 0 Å². The Morgan fingerprint density at radius 3 is 2.38 bits per heavy atom. The number of aromatic nitrogens is 1. The van der Waals surface area contributed by atoms with Crippen molar-refractivity contribution in [1.29, 1.82) is 0 Å². The number of para-hydroxylation sites is 1. The summed E-state index contributed by atoms with van der Waals surface area (Å²) in [6.07, 6.45) is 8.02.